The van der Waals surface area contributed by atoms with Gasteiger partial charge in [-0.05, 0) is 13.1 Å². The van der Waals surface area contributed by atoms with Gasteiger partial charge in [0.05, 0.1) is 10.6 Å². The van der Waals surface area contributed by atoms with Gasteiger partial charge in [0.2, 0.25) is 0 Å². The van der Waals surface area contributed by atoms with Crippen molar-refractivity contribution < 1.29 is 14.3 Å². The predicted octanol–water partition coefficient (Wildman–Crippen LogP) is 1.50. The van der Waals surface area contributed by atoms with Gasteiger partial charge in [-0.1, -0.05) is 11.6 Å². The summed E-state index contributed by atoms with van der Waals surface area (Å²) in [6.45, 7) is 4.22. The Morgan fingerprint density at radius 2 is 1.70 bits per heavy atom. The lowest BCUT2D eigenvalue weighted by Crippen LogP contribution is -2.47. The van der Waals surface area contributed by atoms with Crippen LogP contribution in [0, 0.1) is 0 Å². The van der Waals surface area contributed by atoms with Crippen molar-refractivity contribution >= 4 is 17.5 Å². The van der Waals surface area contributed by atoms with Crippen LogP contribution in [0.4, 0.5) is 0 Å². The molecule has 1 amide bonds. The van der Waals surface area contributed by atoms with Crippen molar-refractivity contribution in [1.29, 1.82) is 0 Å². The average Bonchev–Trinajstić information content (AvgIpc) is 2.46. The standard InChI is InChI=1S/C14H17ClN2O3/c1-16-2-4-17(5-3-16)14(18)10-8-12-13(9-11(10)15)20-7-6-19-12/h8-9H,2-7H2,1H3. The van der Waals surface area contributed by atoms with Gasteiger partial charge in [-0.25, -0.2) is 0 Å². The van der Waals surface area contributed by atoms with E-state index < -0.39 is 0 Å². The van der Waals surface area contributed by atoms with E-state index in [4.69, 9.17) is 21.1 Å². The molecule has 0 aliphatic carbocycles. The number of nitrogens with zero attached hydrogens (tertiary/aromatic N) is 2. The Morgan fingerprint density at radius 3 is 2.35 bits per heavy atom. The maximum absolute atomic E-state index is 12.5. The van der Waals surface area contributed by atoms with Crippen LogP contribution in [-0.4, -0.2) is 62.1 Å². The number of likely N-dealkylation sites (N-methyl/N-ethyl adjacent to an activating group) is 1. The number of fused-ring (bicyclic) bond motifs is 1. The molecule has 5 nitrogen and oxygen atoms in total. The number of halogens is 1. The zero-order chi connectivity index (χ0) is 14.1. The molecular weight excluding hydrogens is 280 g/mol. The molecule has 2 aliphatic heterocycles. The molecule has 1 saturated heterocycles. The van der Waals surface area contributed by atoms with Gasteiger partial charge in [0, 0.05) is 32.2 Å². The average molecular weight is 297 g/mol. The van der Waals surface area contributed by atoms with E-state index in [1.807, 2.05) is 4.90 Å². The Kier molecular flexibility index (Phi) is 3.72. The number of benzene rings is 1. The lowest BCUT2D eigenvalue weighted by molar-refractivity contribution is 0.0663. The van der Waals surface area contributed by atoms with Crippen LogP contribution in [0.1, 0.15) is 10.4 Å². The Labute approximate surface area is 123 Å². The van der Waals surface area contributed by atoms with Crippen molar-refractivity contribution in [3.05, 3.63) is 22.7 Å². The Hall–Kier alpha value is -1.46. The van der Waals surface area contributed by atoms with Crippen LogP contribution in [0.2, 0.25) is 5.02 Å². The van der Waals surface area contributed by atoms with Gasteiger partial charge in [-0.15, -0.1) is 0 Å². The second-order valence-corrected chi connectivity index (χ2v) is 5.48. The summed E-state index contributed by atoms with van der Waals surface area (Å²) in [4.78, 5) is 16.6. The fraction of sp³-hybridized carbons (Fsp3) is 0.500. The number of amides is 1. The summed E-state index contributed by atoms with van der Waals surface area (Å²) in [6, 6.07) is 3.36. The lowest BCUT2D eigenvalue weighted by Gasteiger charge is -2.32. The summed E-state index contributed by atoms with van der Waals surface area (Å²) in [6.07, 6.45) is 0. The molecule has 0 spiro atoms. The van der Waals surface area contributed by atoms with E-state index in [0.29, 0.717) is 35.3 Å². The van der Waals surface area contributed by atoms with E-state index >= 15 is 0 Å². The highest BCUT2D eigenvalue weighted by Gasteiger charge is 2.24. The summed E-state index contributed by atoms with van der Waals surface area (Å²) in [5.74, 6) is 1.16. The summed E-state index contributed by atoms with van der Waals surface area (Å²) in [5, 5.41) is 0.415. The molecule has 0 radical (unpaired) electrons. The molecule has 0 saturated carbocycles. The highest BCUT2D eigenvalue weighted by atomic mass is 35.5. The second-order valence-electron chi connectivity index (χ2n) is 5.07. The van der Waals surface area contributed by atoms with E-state index in [1.165, 1.54) is 0 Å². The first-order valence-electron chi connectivity index (χ1n) is 6.72. The Balaban J connectivity index is 1.84. The molecule has 2 heterocycles. The number of carbonyl (C=O) groups is 1. The lowest BCUT2D eigenvalue weighted by atomic mass is 10.1. The van der Waals surface area contributed by atoms with Crippen LogP contribution in [0.15, 0.2) is 12.1 Å². The molecule has 20 heavy (non-hydrogen) atoms. The molecule has 3 rings (SSSR count). The molecule has 2 aliphatic rings. The second kappa shape index (κ2) is 5.50. The molecular formula is C14H17ClN2O3. The van der Waals surface area contributed by atoms with Crippen LogP contribution in [0.25, 0.3) is 0 Å². The Morgan fingerprint density at radius 1 is 1.10 bits per heavy atom. The summed E-state index contributed by atoms with van der Waals surface area (Å²) in [5.41, 5.74) is 0.487. The van der Waals surface area contributed by atoms with Crippen LogP contribution in [0.5, 0.6) is 11.5 Å². The number of ether oxygens (including phenoxy) is 2. The first-order chi connectivity index (χ1) is 9.65. The third kappa shape index (κ3) is 2.55. The fourth-order valence-corrected chi connectivity index (χ4v) is 2.64. The highest BCUT2D eigenvalue weighted by molar-refractivity contribution is 6.34. The SMILES string of the molecule is CN1CCN(C(=O)c2cc3c(cc2Cl)OCCO3)CC1. The van der Waals surface area contributed by atoms with E-state index in [-0.39, 0.29) is 5.91 Å². The van der Waals surface area contributed by atoms with E-state index in [1.54, 1.807) is 12.1 Å². The number of piperazine rings is 1. The number of rotatable bonds is 1. The predicted molar refractivity (Wildman–Crippen MR) is 75.8 cm³/mol. The molecule has 0 N–H and O–H groups in total. The van der Waals surface area contributed by atoms with Gasteiger partial charge in [-0.3, -0.25) is 4.79 Å². The van der Waals surface area contributed by atoms with Crippen molar-refractivity contribution in [2.75, 3.05) is 46.4 Å². The zero-order valence-corrected chi connectivity index (χ0v) is 12.2. The highest BCUT2D eigenvalue weighted by Crippen LogP contribution is 2.35. The largest absolute Gasteiger partial charge is 0.486 e. The first-order valence-corrected chi connectivity index (χ1v) is 7.10. The third-order valence-corrected chi connectivity index (χ3v) is 3.97. The molecule has 1 aromatic carbocycles. The van der Waals surface area contributed by atoms with Crippen molar-refractivity contribution in [1.82, 2.24) is 9.80 Å². The van der Waals surface area contributed by atoms with Gasteiger partial charge < -0.3 is 19.3 Å². The van der Waals surface area contributed by atoms with Crippen molar-refractivity contribution in [3.63, 3.8) is 0 Å². The van der Waals surface area contributed by atoms with Crippen molar-refractivity contribution in [2.24, 2.45) is 0 Å². The third-order valence-electron chi connectivity index (χ3n) is 3.65. The maximum Gasteiger partial charge on any atom is 0.255 e. The van der Waals surface area contributed by atoms with Crippen molar-refractivity contribution in [3.8, 4) is 11.5 Å². The molecule has 1 aromatic rings. The quantitative estimate of drug-likeness (QED) is 0.788. The van der Waals surface area contributed by atoms with Crippen LogP contribution >= 0.6 is 11.6 Å². The fourth-order valence-electron chi connectivity index (χ4n) is 2.41. The topological polar surface area (TPSA) is 42.0 Å². The van der Waals surface area contributed by atoms with Gasteiger partial charge >= 0.3 is 0 Å². The van der Waals surface area contributed by atoms with Gasteiger partial charge in [0.25, 0.3) is 5.91 Å². The minimum atomic E-state index is -0.0416. The van der Waals surface area contributed by atoms with E-state index in [0.717, 1.165) is 26.2 Å². The van der Waals surface area contributed by atoms with Crippen LogP contribution < -0.4 is 9.47 Å². The monoisotopic (exact) mass is 296 g/mol. The number of carbonyl (C=O) groups excluding carboxylic acids is 1. The summed E-state index contributed by atoms with van der Waals surface area (Å²) in [7, 11) is 2.05. The molecule has 108 valence electrons. The summed E-state index contributed by atoms with van der Waals surface area (Å²) < 4.78 is 11.0. The van der Waals surface area contributed by atoms with E-state index in [2.05, 4.69) is 11.9 Å². The molecule has 0 bridgehead atoms. The molecule has 0 unspecified atom stereocenters. The minimum absolute atomic E-state index is 0.0416. The first kappa shape index (κ1) is 13.5. The number of hydrogen-bond donors (Lipinski definition) is 0. The minimum Gasteiger partial charge on any atom is -0.486 e. The smallest absolute Gasteiger partial charge is 0.255 e. The molecule has 0 atom stereocenters. The van der Waals surface area contributed by atoms with Crippen molar-refractivity contribution in [2.45, 2.75) is 0 Å². The van der Waals surface area contributed by atoms with Gasteiger partial charge in [-0.2, -0.15) is 0 Å². The maximum atomic E-state index is 12.5. The van der Waals surface area contributed by atoms with Crippen LogP contribution in [0.3, 0.4) is 0 Å². The zero-order valence-electron chi connectivity index (χ0n) is 11.4. The molecule has 1 fully saturated rings. The van der Waals surface area contributed by atoms with E-state index in [9.17, 15) is 4.79 Å². The Bertz CT molecular complexity index is 527. The number of hydrogen-bond acceptors (Lipinski definition) is 4. The summed E-state index contributed by atoms with van der Waals surface area (Å²) >= 11 is 6.21. The van der Waals surface area contributed by atoms with Crippen LogP contribution in [-0.2, 0) is 0 Å². The molecule has 6 heteroatoms. The van der Waals surface area contributed by atoms with Gasteiger partial charge in [0.15, 0.2) is 11.5 Å². The molecule has 0 aromatic heterocycles. The van der Waals surface area contributed by atoms with Gasteiger partial charge in [0.1, 0.15) is 13.2 Å². The normalized spacial score (nSPS) is 19.0.